The van der Waals surface area contributed by atoms with Crippen LogP contribution in [0.25, 0.3) is 0 Å². The second-order valence-electron chi connectivity index (χ2n) is 5.94. The van der Waals surface area contributed by atoms with Gasteiger partial charge in [0.2, 0.25) is 5.91 Å². The number of aryl methyl sites for hydroxylation is 2. The molecule has 0 aliphatic rings. The summed E-state index contributed by atoms with van der Waals surface area (Å²) in [6, 6.07) is 3.55. The Morgan fingerprint density at radius 1 is 1.17 bits per heavy atom. The van der Waals surface area contributed by atoms with E-state index in [-0.39, 0.29) is 18.4 Å². The van der Waals surface area contributed by atoms with E-state index >= 15 is 0 Å². The fourth-order valence-corrected chi connectivity index (χ4v) is 2.49. The highest BCUT2D eigenvalue weighted by Crippen LogP contribution is 2.25. The van der Waals surface area contributed by atoms with Crippen molar-refractivity contribution in [1.82, 2.24) is 10.9 Å². The minimum atomic E-state index is -0.404. The number of nitrogens with one attached hydrogen (secondary N) is 2. The molecule has 0 aliphatic carbocycles. The molecule has 0 heterocycles. The van der Waals surface area contributed by atoms with Crippen molar-refractivity contribution < 1.29 is 14.3 Å². The first-order valence-electron chi connectivity index (χ1n) is 8.37. The SMILES string of the molecule is CCCCC(CC)C(=O)NNC(=O)COc1cc(C)c(Cl)c(C)c1. The van der Waals surface area contributed by atoms with Gasteiger partial charge in [-0.3, -0.25) is 20.4 Å². The van der Waals surface area contributed by atoms with Crippen LogP contribution in [0.2, 0.25) is 5.02 Å². The maximum Gasteiger partial charge on any atom is 0.276 e. The Bertz CT molecular complexity index is 552. The van der Waals surface area contributed by atoms with Crippen LogP contribution >= 0.6 is 11.6 Å². The molecule has 2 amide bonds. The molecule has 0 spiro atoms. The molecule has 1 unspecified atom stereocenters. The zero-order valence-corrected chi connectivity index (χ0v) is 15.6. The average Bonchev–Trinajstić information content (AvgIpc) is 2.56. The van der Waals surface area contributed by atoms with Crippen LogP contribution in [0.1, 0.15) is 50.7 Å². The summed E-state index contributed by atoms with van der Waals surface area (Å²) >= 11 is 6.09. The van der Waals surface area contributed by atoms with Gasteiger partial charge in [0.05, 0.1) is 0 Å². The normalized spacial score (nSPS) is 11.7. The number of hydrazine groups is 1. The minimum Gasteiger partial charge on any atom is -0.484 e. The van der Waals surface area contributed by atoms with Gasteiger partial charge in [-0.2, -0.15) is 0 Å². The van der Waals surface area contributed by atoms with E-state index in [0.29, 0.717) is 10.8 Å². The van der Waals surface area contributed by atoms with Crippen LogP contribution in [-0.4, -0.2) is 18.4 Å². The topological polar surface area (TPSA) is 67.4 Å². The lowest BCUT2D eigenvalue weighted by Gasteiger charge is -2.15. The van der Waals surface area contributed by atoms with E-state index < -0.39 is 5.91 Å². The maximum absolute atomic E-state index is 12.0. The third-order valence-corrected chi connectivity index (χ3v) is 4.47. The van der Waals surface area contributed by atoms with Crippen LogP contribution in [0.15, 0.2) is 12.1 Å². The third kappa shape index (κ3) is 6.40. The van der Waals surface area contributed by atoms with Crippen molar-refractivity contribution in [1.29, 1.82) is 0 Å². The number of amides is 2. The molecule has 0 bridgehead atoms. The second kappa shape index (κ2) is 10.2. The first-order valence-corrected chi connectivity index (χ1v) is 8.75. The third-order valence-electron chi connectivity index (χ3n) is 3.87. The predicted molar refractivity (Wildman–Crippen MR) is 96.0 cm³/mol. The van der Waals surface area contributed by atoms with Crippen LogP contribution in [0, 0.1) is 19.8 Å². The highest BCUT2D eigenvalue weighted by Gasteiger charge is 2.16. The Hall–Kier alpha value is -1.75. The molecule has 1 aromatic rings. The summed E-state index contributed by atoms with van der Waals surface area (Å²) < 4.78 is 5.45. The van der Waals surface area contributed by atoms with E-state index in [0.717, 1.165) is 36.8 Å². The molecule has 0 radical (unpaired) electrons. The predicted octanol–water partition coefficient (Wildman–Crippen LogP) is 3.70. The lowest BCUT2D eigenvalue weighted by atomic mass is 9.99. The summed E-state index contributed by atoms with van der Waals surface area (Å²) in [7, 11) is 0. The Kier molecular flexibility index (Phi) is 8.61. The van der Waals surface area contributed by atoms with Crippen molar-refractivity contribution in [2.24, 2.45) is 5.92 Å². The summed E-state index contributed by atoms with van der Waals surface area (Å²) in [5, 5.41) is 0.691. The Labute approximate surface area is 149 Å². The van der Waals surface area contributed by atoms with E-state index in [1.807, 2.05) is 20.8 Å². The lowest BCUT2D eigenvalue weighted by molar-refractivity contribution is -0.132. The first-order chi connectivity index (χ1) is 11.4. The molecular formula is C18H27ClN2O3. The molecule has 2 N–H and O–H groups in total. The minimum absolute atomic E-state index is 0.0762. The smallest absolute Gasteiger partial charge is 0.276 e. The lowest BCUT2D eigenvalue weighted by Crippen LogP contribution is -2.46. The van der Waals surface area contributed by atoms with Gasteiger partial charge in [-0.1, -0.05) is 38.3 Å². The second-order valence-corrected chi connectivity index (χ2v) is 6.32. The molecule has 0 fully saturated rings. The summed E-state index contributed by atoms with van der Waals surface area (Å²) in [6.45, 7) is 7.64. The van der Waals surface area contributed by atoms with E-state index in [1.165, 1.54) is 0 Å². The van der Waals surface area contributed by atoms with Gasteiger partial charge < -0.3 is 4.74 Å². The van der Waals surface area contributed by atoms with Gasteiger partial charge in [-0.15, -0.1) is 0 Å². The highest BCUT2D eigenvalue weighted by atomic mass is 35.5. The molecule has 1 rings (SSSR count). The van der Waals surface area contributed by atoms with Crippen molar-refractivity contribution >= 4 is 23.4 Å². The summed E-state index contributed by atoms with van der Waals surface area (Å²) in [5.74, 6) is -0.0607. The number of hydrogen-bond acceptors (Lipinski definition) is 3. The molecule has 0 aromatic heterocycles. The van der Waals surface area contributed by atoms with Gasteiger partial charge in [0.1, 0.15) is 5.75 Å². The number of ether oxygens (including phenoxy) is 1. The van der Waals surface area contributed by atoms with Crippen LogP contribution < -0.4 is 15.6 Å². The molecule has 24 heavy (non-hydrogen) atoms. The van der Waals surface area contributed by atoms with Crippen LogP contribution in [0.4, 0.5) is 0 Å². The van der Waals surface area contributed by atoms with Crippen molar-refractivity contribution in [3.8, 4) is 5.75 Å². The Balaban J connectivity index is 2.42. The monoisotopic (exact) mass is 354 g/mol. The Morgan fingerprint density at radius 3 is 2.33 bits per heavy atom. The zero-order chi connectivity index (χ0) is 18.1. The van der Waals surface area contributed by atoms with E-state index in [2.05, 4.69) is 17.8 Å². The largest absolute Gasteiger partial charge is 0.484 e. The molecule has 0 saturated heterocycles. The number of unbranched alkanes of at least 4 members (excludes halogenated alkanes) is 1. The van der Waals surface area contributed by atoms with Crippen molar-refractivity contribution in [3.05, 3.63) is 28.3 Å². The molecule has 0 aliphatic heterocycles. The molecule has 1 atom stereocenters. The van der Waals surface area contributed by atoms with E-state index in [1.54, 1.807) is 12.1 Å². The van der Waals surface area contributed by atoms with Crippen molar-refractivity contribution in [2.45, 2.75) is 53.4 Å². The van der Waals surface area contributed by atoms with Gasteiger partial charge in [-0.05, 0) is 49.9 Å². The zero-order valence-electron chi connectivity index (χ0n) is 14.9. The van der Waals surface area contributed by atoms with Gasteiger partial charge in [0, 0.05) is 10.9 Å². The maximum atomic E-state index is 12.0. The number of rotatable bonds is 8. The molecule has 0 saturated carbocycles. The number of carbonyl (C=O) groups is 2. The van der Waals surface area contributed by atoms with Crippen LogP contribution in [0.3, 0.4) is 0 Å². The summed E-state index contributed by atoms with van der Waals surface area (Å²) in [6.07, 6.45) is 3.62. The summed E-state index contributed by atoms with van der Waals surface area (Å²) in [5.41, 5.74) is 6.65. The number of halogens is 1. The molecule has 1 aromatic carbocycles. The molecule has 5 nitrogen and oxygen atoms in total. The van der Waals surface area contributed by atoms with Crippen LogP contribution in [0.5, 0.6) is 5.75 Å². The van der Waals surface area contributed by atoms with Crippen LogP contribution in [-0.2, 0) is 9.59 Å². The average molecular weight is 355 g/mol. The number of carbonyl (C=O) groups excluding carboxylic acids is 2. The number of hydrogen-bond donors (Lipinski definition) is 2. The van der Waals surface area contributed by atoms with Gasteiger partial charge in [0.15, 0.2) is 6.61 Å². The quantitative estimate of drug-likeness (QED) is 0.699. The van der Waals surface area contributed by atoms with E-state index in [9.17, 15) is 9.59 Å². The van der Waals surface area contributed by atoms with Gasteiger partial charge in [-0.25, -0.2) is 0 Å². The fraction of sp³-hybridized carbons (Fsp3) is 0.556. The highest BCUT2D eigenvalue weighted by molar-refractivity contribution is 6.32. The van der Waals surface area contributed by atoms with E-state index in [4.69, 9.17) is 16.3 Å². The Morgan fingerprint density at radius 2 is 1.79 bits per heavy atom. The standard InChI is InChI=1S/C18H27ClN2O3/c1-5-7-8-14(6-2)18(23)21-20-16(22)11-24-15-9-12(3)17(19)13(4)10-15/h9-10,14H,5-8,11H2,1-4H3,(H,20,22)(H,21,23). The molecular weight excluding hydrogens is 328 g/mol. The van der Waals surface area contributed by atoms with Gasteiger partial charge in [0.25, 0.3) is 5.91 Å². The fourth-order valence-electron chi connectivity index (χ4n) is 2.38. The van der Waals surface area contributed by atoms with Crippen molar-refractivity contribution in [3.63, 3.8) is 0 Å². The van der Waals surface area contributed by atoms with Gasteiger partial charge >= 0.3 is 0 Å². The molecule has 134 valence electrons. The summed E-state index contributed by atoms with van der Waals surface area (Å²) in [4.78, 5) is 23.8. The number of benzene rings is 1. The first kappa shape index (κ1) is 20.3. The molecule has 6 heteroatoms. The van der Waals surface area contributed by atoms with Crippen molar-refractivity contribution in [2.75, 3.05) is 6.61 Å².